The smallest absolute Gasteiger partial charge is 0.408 e. The van der Waals surface area contributed by atoms with E-state index in [1.165, 1.54) is 12.1 Å². The highest BCUT2D eigenvalue weighted by Crippen LogP contribution is 2.28. The van der Waals surface area contributed by atoms with Gasteiger partial charge in [-0.3, -0.25) is 9.59 Å². The molecule has 0 aliphatic heterocycles. The van der Waals surface area contributed by atoms with Crippen molar-refractivity contribution in [3.8, 4) is 5.75 Å². The molecule has 3 amide bonds. The normalized spacial score (nSPS) is 12.5. The third-order valence-corrected chi connectivity index (χ3v) is 7.33. The third-order valence-electron chi connectivity index (χ3n) is 7.33. The van der Waals surface area contributed by atoms with Crippen molar-refractivity contribution in [1.82, 2.24) is 10.2 Å². The Morgan fingerprint density at radius 2 is 1.69 bits per heavy atom. The number of aryl methyl sites for hydroxylation is 1. The average Bonchev–Trinajstić information content (AvgIpc) is 2.99. The summed E-state index contributed by atoms with van der Waals surface area (Å²) < 4.78 is 5.53. The molecule has 0 spiro atoms. The van der Waals surface area contributed by atoms with Crippen molar-refractivity contribution in [2.75, 3.05) is 11.9 Å². The maximum atomic E-state index is 14.7. The lowest BCUT2D eigenvalue weighted by Gasteiger charge is -2.35. The number of nitrogens with one attached hydrogen (secondary N) is 2. The molecule has 0 radical (unpaired) electrons. The summed E-state index contributed by atoms with van der Waals surface area (Å²) >= 11 is 0. The Hall–Kier alpha value is -4.59. The molecule has 0 fully saturated rings. The molecule has 0 saturated heterocycles. The Balaban J connectivity index is 2.10. The lowest BCUT2D eigenvalue weighted by molar-refractivity contribution is -0.140. The van der Waals surface area contributed by atoms with Gasteiger partial charge in [0.2, 0.25) is 5.91 Å². The number of para-hydroxylation sites is 1. The van der Waals surface area contributed by atoms with Crippen molar-refractivity contribution in [3.05, 3.63) is 102 Å². The third kappa shape index (κ3) is 10.8. The van der Waals surface area contributed by atoms with Gasteiger partial charge in [-0.15, -0.1) is 0 Å². The number of amides is 3. The Morgan fingerprint density at radius 1 is 0.978 bits per heavy atom. The van der Waals surface area contributed by atoms with Gasteiger partial charge >= 0.3 is 6.09 Å². The first kappa shape index (κ1) is 34.9. The largest absolute Gasteiger partial charge is 0.508 e. The van der Waals surface area contributed by atoms with Crippen molar-refractivity contribution < 1.29 is 24.2 Å². The summed E-state index contributed by atoms with van der Waals surface area (Å²) in [5.74, 6) is -0.691. The van der Waals surface area contributed by atoms with E-state index in [4.69, 9.17) is 4.74 Å². The first-order valence-corrected chi connectivity index (χ1v) is 15.6. The van der Waals surface area contributed by atoms with Gasteiger partial charge in [0.1, 0.15) is 23.4 Å². The number of hydrogen-bond donors (Lipinski definition) is 3. The van der Waals surface area contributed by atoms with E-state index in [1.54, 1.807) is 43.9 Å². The predicted molar refractivity (Wildman–Crippen MR) is 180 cm³/mol. The fourth-order valence-corrected chi connectivity index (χ4v) is 5.04. The fourth-order valence-electron chi connectivity index (χ4n) is 5.04. The Labute approximate surface area is 267 Å². The quantitative estimate of drug-likeness (QED) is 0.163. The van der Waals surface area contributed by atoms with Crippen molar-refractivity contribution in [1.29, 1.82) is 0 Å². The Kier molecular flexibility index (Phi) is 12.8. The molecule has 3 aromatic rings. The monoisotopic (exact) mass is 613 g/mol. The zero-order valence-corrected chi connectivity index (χ0v) is 27.1. The predicted octanol–water partition coefficient (Wildman–Crippen LogP) is 7.57. The summed E-state index contributed by atoms with van der Waals surface area (Å²) in [7, 11) is 0. The number of rotatable bonds is 14. The van der Waals surface area contributed by atoms with Gasteiger partial charge in [-0.2, -0.15) is 0 Å². The second kappa shape index (κ2) is 16.5. The van der Waals surface area contributed by atoms with Crippen molar-refractivity contribution >= 4 is 29.7 Å². The molecule has 0 bridgehead atoms. The van der Waals surface area contributed by atoms with Gasteiger partial charge in [0.25, 0.3) is 5.91 Å². The number of hydrogen-bond acceptors (Lipinski definition) is 5. The minimum absolute atomic E-state index is 0.0920. The first-order valence-electron chi connectivity index (χ1n) is 15.6. The second-order valence-corrected chi connectivity index (χ2v) is 12.2. The van der Waals surface area contributed by atoms with E-state index in [2.05, 4.69) is 24.1 Å². The van der Waals surface area contributed by atoms with Crippen LogP contribution in [0.5, 0.6) is 5.75 Å². The minimum atomic E-state index is -1.05. The molecule has 240 valence electrons. The van der Waals surface area contributed by atoms with Crippen molar-refractivity contribution in [3.63, 3.8) is 0 Å². The maximum Gasteiger partial charge on any atom is 0.408 e. The molecule has 45 heavy (non-hydrogen) atoms. The number of carbonyl (C=O) groups excluding carboxylic acids is 3. The lowest BCUT2D eigenvalue weighted by Crippen LogP contribution is -2.53. The molecule has 2 atom stereocenters. The number of anilines is 1. The highest BCUT2D eigenvalue weighted by Gasteiger charge is 2.36. The van der Waals surface area contributed by atoms with E-state index in [1.807, 2.05) is 55.5 Å². The second-order valence-electron chi connectivity index (χ2n) is 12.2. The van der Waals surface area contributed by atoms with Gasteiger partial charge in [-0.25, -0.2) is 4.79 Å². The zero-order chi connectivity index (χ0) is 33.0. The Morgan fingerprint density at radius 3 is 2.33 bits per heavy atom. The minimum Gasteiger partial charge on any atom is -0.508 e. The van der Waals surface area contributed by atoms with Gasteiger partial charge in [0.05, 0.1) is 0 Å². The summed E-state index contributed by atoms with van der Waals surface area (Å²) in [6.07, 6.45) is 4.64. The van der Waals surface area contributed by atoms with Crippen molar-refractivity contribution in [2.24, 2.45) is 0 Å². The number of unbranched alkanes of at least 4 members (excludes halogenated alkanes) is 3. The van der Waals surface area contributed by atoms with Crippen LogP contribution >= 0.6 is 0 Å². The van der Waals surface area contributed by atoms with E-state index < -0.39 is 29.7 Å². The molecule has 0 aromatic heterocycles. The molecule has 2 unspecified atom stereocenters. The average molecular weight is 614 g/mol. The number of ether oxygens (including phenoxy) is 1. The number of phenols is 1. The van der Waals surface area contributed by atoms with E-state index in [9.17, 15) is 19.5 Å². The van der Waals surface area contributed by atoms with Gasteiger partial charge in [-0.1, -0.05) is 87.4 Å². The van der Waals surface area contributed by atoms with E-state index >= 15 is 0 Å². The number of carbonyl (C=O) groups is 3. The van der Waals surface area contributed by atoms with E-state index in [-0.39, 0.29) is 18.1 Å². The van der Waals surface area contributed by atoms with Crippen LogP contribution < -0.4 is 10.6 Å². The van der Waals surface area contributed by atoms with Gasteiger partial charge in [0.15, 0.2) is 0 Å². The van der Waals surface area contributed by atoms with Crippen LogP contribution in [0.1, 0.15) is 81.7 Å². The van der Waals surface area contributed by atoms with Crippen molar-refractivity contribution in [2.45, 2.75) is 84.4 Å². The van der Waals surface area contributed by atoms with Crippen LogP contribution in [0.2, 0.25) is 0 Å². The number of aromatic hydroxyl groups is 1. The number of benzene rings is 3. The summed E-state index contributed by atoms with van der Waals surface area (Å²) in [4.78, 5) is 43.6. The molecule has 8 heteroatoms. The molecule has 0 saturated carbocycles. The Bertz CT molecular complexity index is 1440. The SMILES string of the molecule is C=Cc1cccc(C(C(=O)Nc2ccccc2C)N(CCCCCC)C(=O)C(Cc2ccc(O)cc2)NC(=O)OC(C)(C)C)c1. The molecule has 0 aliphatic rings. The van der Waals surface area contributed by atoms with Gasteiger partial charge < -0.3 is 25.4 Å². The molecular weight excluding hydrogens is 566 g/mol. The molecule has 8 nitrogen and oxygen atoms in total. The molecule has 0 aliphatic carbocycles. The number of phenolic OH excluding ortho intramolecular Hbond substituents is 1. The van der Waals surface area contributed by atoms with E-state index in [0.29, 0.717) is 24.2 Å². The number of nitrogens with zero attached hydrogens (tertiary/aromatic N) is 1. The van der Waals surface area contributed by atoms with Gasteiger partial charge in [0, 0.05) is 18.7 Å². The van der Waals surface area contributed by atoms with Crippen LogP contribution in [-0.2, 0) is 20.7 Å². The highest BCUT2D eigenvalue weighted by molar-refractivity contribution is 5.99. The molecule has 3 N–H and O–H groups in total. The van der Waals surface area contributed by atoms with E-state index in [0.717, 1.165) is 36.0 Å². The van der Waals surface area contributed by atoms with Crippen LogP contribution in [0.25, 0.3) is 6.08 Å². The summed E-state index contributed by atoms with van der Waals surface area (Å²) in [5.41, 5.74) is 2.93. The topological polar surface area (TPSA) is 108 Å². The first-order chi connectivity index (χ1) is 21.4. The molecule has 0 heterocycles. The highest BCUT2D eigenvalue weighted by atomic mass is 16.6. The maximum absolute atomic E-state index is 14.7. The standard InChI is InChI=1S/C37H47N3O5/c1-7-9-10-13-23-40(35(43)32(39-36(44)45-37(4,5)6)25-28-19-21-30(41)22-20-28)33(29-17-14-16-27(8-2)24-29)34(42)38-31-18-12-11-15-26(31)3/h8,11-12,14-22,24,32-33,41H,2,7,9-10,13,23,25H2,1,3-6H3,(H,38,42)(H,39,44). The van der Waals surface area contributed by atoms with Gasteiger partial charge in [-0.05, 0) is 80.6 Å². The number of alkyl carbamates (subject to hydrolysis) is 1. The lowest BCUT2D eigenvalue weighted by atomic mass is 9.98. The molecule has 3 rings (SSSR count). The zero-order valence-electron chi connectivity index (χ0n) is 27.1. The van der Waals surface area contributed by atoms with Crippen LogP contribution in [0.15, 0.2) is 79.4 Å². The van der Waals surface area contributed by atoms with Crippen LogP contribution in [0, 0.1) is 6.92 Å². The summed E-state index contributed by atoms with van der Waals surface area (Å²) in [5, 5.41) is 15.7. The summed E-state index contributed by atoms with van der Waals surface area (Å²) in [6.45, 7) is 13.5. The van der Waals surface area contributed by atoms with Crippen LogP contribution in [0.4, 0.5) is 10.5 Å². The summed E-state index contributed by atoms with van der Waals surface area (Å²) in [6, 6.07) is 19.3. The fraction of sp³-hybridized carbons (Fsp3) is 0.378. The van der Waals surface area contributed by atoms with Crippen LogP contribution in [-0.4, -0.2) is 46.1 Å². The molecular formula is C37H47N3O5. The molecule has 3 aromatic carbocycles. The van der Waals surface area contributed by atoms with Crippen LogP contribution in [0.3, 0.4) is 0 Å².